The van der Waals surface area contributed by atoms with Crippen molar-refractivity contribution in [1.29, 1.82) is 0 Å². The van der Waals surface area contributed by atoms with Crippen LogP contribution in [0.25, 0.3) is 0 Å². The molecule has 1 saturated carbocycles. The Balaban J connectivity index is 1.42. The summed E-state index contributed by atoms with van der Waals surface area (Å²) in [5, 5.41) is 6.93. The Morgan fingerprint density at radius 3 is 2.71 bits per heavy atom. The van der Waals surface area contributed by atoms with Gasteiger partial charge in [0.25, 0.3) is 10.0 Å². The molecule has 0 saturated heterocycles. The van der Waals surface area contributed by atoms with Gasteiger partial charge in [0.1, 0.15) is 0 Å². The van der Waals surface area contributed by atoms with E-state index in [1.807, 2.05) is 36.4 Å². The van der Waals surface area contributed by atoms with Gasteiger partial charge in [-0.15, -0.1) is 0 Å². The maximum atomic E-state index is 13.1. The average molecular weight is 442 g/mol. The van der Waals surface area contributed by atoms with Crippen LogP contribution < -0.4 is 15.4 Å². The van der Waals surface area contributed by atoms with Crippen molar-refractivity contribution >= 4 is 15.7 Å². The first-order valence-corrected chi connectivity index (χ1v) is 13.2. The molecule has 2 aliphatic rings. The van der Waals surface area contributed by atoms with E-state index in [1.54, 1.807) is 6.07 Å². The van der Waals surface area contributed by atoms with Crippen molar-refractivity contribution in [3.8, 4) is 0 Å². The molecule has 0 unspecified atom stereocenters. The Hall–Kier alpha value is -1.89. The molecule has 2 aromatic rings. The first-order chi connectivity index (χ1) is 15.0. The number of hydrogen-bond acceptors (Lipinski definition) is 4. The summed E-state index contributed by atoms with van der Waals surface area (Å²) >= 11 is 0. The highest BCUT2D eigenvalue weighted by Gasteiger charge is 2.20. The fraction of sp³-hybridized carbons (Fsp3) is 0.520. The summed E-state index contributed by atoms with van der Waals surface area (Å²) in [6.07, 6.45) is 8.85. The maximum Gasteiger partial charge on any atom is 0.261 e. The molecule has 1 heterocycles. The largest absolute Gasteiger partial charge is 0.312 e. The molecular weight excluding hydrogens is 406 g/mol. The summed E-state index contributed by atoms with van der Waals surface area (Å²) in [4.78, 5) is 0.335. The summed E-state index contributed by atoms with van der Waals surface area (Å²) in [7, 11) is -3.63. The fourth-order valence-corrected chi connectivity index (χ4v) is 6.04. The van der Waals surface area contributed by atoms with Crippen molar-refractivity contribution in [2.24, 2.45) is 5.92 Å². The van der Waals surface area contributed by atoms with Gasteiger partial charge in [0.05, 0.1) is 10.6 Å². The number of anilines is 1. The van der Waals surface area contributed by atoms with E-state index in [0.717, 1.165) is 36.6 Å². The number of rotatable bonds is 8. The van der Waals surface area contributed by atoms with Crippen molar-refractivity contribution in [2.75, 3.05) is 11.3 Å². The van der Waals surface area contributed by atoms with Gasteiger partial charge in [-0.2, -0.15) is 0 Å². The predicted octanol–water partition coefficient (Wildman–Crippen LogP) is 4.58. The number of fused-ring (bicyclic) bond motifs is 1. The van der Waals surface area contributed by atoms with Gasteiger partial charge in [0.15, 0.2) is 0 Å². The number of sulfonamides is 1. The monoisotopic (exact) mass is 441 g/mol. The van der Waals surface area contributed by atoms with E-state index in [4.69, 9.17) is 0 Å². The van der Waals surface area contributed by atoms with E-state index < -0.39 is 10.0 Å². The zero-order valence-electron chi connectivity index (χ0n) is 18.5. The van der Waals surface area contributed by atoms with Crippen molar-refractivity contribution in [2.45, 2.75) is 75.9 Å². The van der Waals surface area contributed by atoms with Gasteiger partial charge in [-0.25, -0.2) is 8.42 Å². The second-order valence-electron chi connectivity index (χ2n) is 9.14. The minimum absolute atomic E-state index is 0.335. The highest BCUT2D eigenvalue weighted by atomic mass is 32.2. The Morgan fingerprint density at radius 1 is 1.06 bits per heavy atom. The summed E-state index contributed by atoms with van der Waals surface area (Å²) in [6, 6.07) is 13.6. The molecule has 0 radical (unpaired) electrons. The number of benzene rings is 2. The van der Waals surface area contributed by atoms with Crippen LogP contribution in [-0.2, 0) is 29.5 Å². The number of nitrogens with one attached hydrogen (secondary N) is 3. The van der Waals surface area contributed by atoms with Crippen LogP contribution in [0, 0.1) is 5.92 Å². The third kappa shape index (κ3) is 5.88. The van der Waals surface area contributed by atoms with Crippen LogP contribution in [0.5, 0.6) is 0 Å². The molecule has 0 aromatic heterocycles. The molecule has 1 aliphatic carbocycles. The lowest BCUT2D eigenvalue weighted by molar-refractivity contribution is 0.305. The van der Waals surface area contributed by atoms with E-state index in [0.29, 0.717) is 23.2 Å². The van der Waals surface area contributed by atoms with E-state index in [2.05, 4.69) is 22.3 Å². The van der Waals surface area contributed by atoms with E-state index in [-0.39, 0.29) is 0 Å². The average Bonchev–Trinajstić information content (AvgIpc) is 2.78. The zero-order valence-corrected chi connectivity index (χ0v) is 19.3. The molecular formula is C25H35N3O2S. The Kier molecular flexibility index (Phi) is 7.31. The molecule has 1 aliphatic heterocycles. The van der Waals surface area contributed by atoms with Crippen LogP contribution in [0.4, 0.5) is 5.69 Å². The van der Waals surface area contributed by atoms with Gasteiger partial charge in [-0.05, 0) is 67.1 Å². The minimum atomic E-state index is -3.63. The molecule has 31 heavy (non-hydrogen) atoms. The van der Waals surface area contributed by atoms with Gasteiger partial charge in [0, 0.05) is 19.1 Å². The zero-order chi connectivity index (χ0) is 21.7. The van der Waals surface area contributed by atoms with E-state index in [9.17, 15) is 8.42 Å². The molecule has 1 fully saturated rings. The Labute approximate surface area is 187 Å². The normalized spacial score (nSPS) is 18.4. The molecule has 3 N–H and O–H groups in total. The summed E-state index contributed by atoms with van der Waals surface area (Å²) in [6.45, 7) is 4.58. The third-order valence-electron chi connectivity index (χ3n) is 6.69. The molecule has 5 nitrogen and oxygen atoms in total. The first kappa shape index (κ1) is 22.3. The Bertz CT molecular complexity index is 984. The lowest BCUT2D eigenvalue weighted by Gasteiger charge is -2.25. The van der Waals surface area contributed by atoms with Crippen LogP contribution in [0.3, 0.4) is 0 Å². The summed E-state index contributed by atoms with van der Waals surface area (Å²) in [5.41, 5.74) is 3.93. The SMILES string of the molecule is C[C@@H](CC1CCCCC1)NCc1ccccc1NS(=O)(=O)c1ccc2c(c1)CCNC2. The molecule has 0 amide bonds. The highest BCUT2D eigenvalue weighted by Crippen LogP contribution is 2.28. The van der Waals surface area contributed by atoms with Crippen LogP contribution in [0.1, 0.15) is 62.1 Å². The molecule has 0 spiro atoms. The summed E-state index contributed by atoms with van der Waals surface area (Å²) in [5.74, 6) is 0.823. The Morgan fingerprint density at radius 2 is 1.87 bits per heavy atom. The molecule has 2 aromatic carbocycles. The van der Waals surface area contributed by atoms with Crippen molar-refractivity contribution in [3.05, 3.63) is 59.2 Å². The van der Waals surface area contributed by atoms with Gasteiger partial charge in [0.2, 0.25) is 0 Å². The number of hydrogen-bond donors (Lipinski definition) is 3. The van der Waals surface area contributed by atoms with Crippen LogP contribution >= 0.6 is 0 Å². The third-order valence-corrected chi connectivity index (χ3v) is 8.05. The lowest BCUT2D eigenvalue weighted by atomic mass is 9.85. The van der Waals surface area contributed by atoms with Crippen LogP contribution in [0.2, 0.25) is 0 Å². The molecule has 4 rings (SSSR count). The summed E-state index contributed by atoms with van der Waals surface area (Å²) < 4.78 is 29.0. The maximum absolute atomic E-state index is 13.1. The molecule has 168 valence electrons. The van der Waals surface area contributed by atoms with Crippen molar-refractivity contribution in [3.63, 3.8) is 0 Å². The molecule has 6 heteroatoms. The van der Waals surface area contributed by atoms with Crippen molar-refractivity contribution < 1.29 is 8.42 Å². The quantitative estimate of drug-likeness (QED) is 0.561. The first-order valence-electron chi connectivity index (χ1n) is 11.7. The van der Waals surface area contributed by atoms with Crippen LogP contribution in [0.15, 0.2) is 47.4 Å². The topological polar surface area (TPSA) is 70.2 Å². The lowest BCUT2D eigenvalue weighted by Crippen LogP contribution is -2.29. The fourth-order valence-electron chi connectivity index (χ4n) is 4.89. The van der Waals surface area contributed by atoms with Gasteiger partial charge in [-0.3, -0.25) is 4.72 Å². The van der Waals surface area contributed by atoms with Crippen molar-refractivity contribution in [1.82, 2.24) is 10.6 Å². The minimum Gasteiger partial charge on any atom is -0.312 e. The highest BCUT2D eigenvalue weighted by molar-refractivity contribution is 7.92. The van der Waals surface area contributed by atoms with E-state index >= 15 is 0 Å². The van der Waals surface area contributed by atoms with Gasteiger partial charge < -0.3 is 10.6 Å². The van der Waals surface area contributed by atoms with Gasteiger partial charge >= 0.3 is 0 Å². The van der Waals surface area contributed by atoms with Crippen LogP contribution in [-0.4, -0.2) is 21.0 Å². The predicted molar refractivity (Wildman–Crippen MR) is 127 cm³/mol. The second kappa shape index (κ2) is 10.2. The second-order valence-corrected chi connectivity index (χ2v) is 10.8. The smallest absolute Gasteiger partial charge is 0.261 e. The van der Waals surface area contributed by atoms with Gasteiger partial charge in [-0.1, -0.05) is 56.4 Å². The molecule has 1 atom stereocenters. The molecule has 0 bridgehead atoms. The standard InChI is InChI=1S/C25H35N3O2S/c1-19(15-20-7-3-2-4-8-20)27-18-23-9-5-6-10-25(23)28-31(29,30)24-12-11-22-17-26-14-13-21(22)16-24/h5-6,9-12,16,19-20,26-28H,2-4,7-8,13-15,17-18H2,1H3/t19-/m0/s1. The van der Waals surface area contributed by atoms with E-state index in [1.165, 1.54) is 44.1 Å². The number of para-hydroxylation sites is 1.